The molecule has 0 spiro atoms. The molecule has 0 fully saturated rings. The number of halogens is 1. The van der Waals surface area contributed by atoms with Crippen molar-refractivity contribution in [3.05, 3.63) is 65.8 Å². The number of rotatable bonds is 6. The van der Waals surface area contributed by atoms with Gasteiger partial charge >= 0.3 is 0 Å². The second kappa shape index (κ2) is 7.64. The lowest BCUT2D eigenvalue weighted by Gasteiger charge is -2.15. The van der Waals surface area contributed by atoms with E-state index in [-0.39, 0.29) is 0 Å². The van der Waals surface area contributed by atoms with Gasteiger partial charge in [-0.1, -0.05) is 23.7 Å². The van der Waals surface area contributed by atoms with Gasteiger partial charge in [-0.2, -0.15) is 5.10 Å². The number of imidazole rings is 1. The minimum Gasteiger partial charge on any atom is -0.497 e. The third-order valence-electron chi connectivity index (χ3n) is 4.96. The molecule has 0 saturated carbocycles. The lowest BCUT2D eigenvalue weighted by molar-refractivity contribution is 0.415. The lowest BCUT2D eigenvalue weighted by atomic mass is 10.0. The average molecular weight is 420 g/mol. The molecule has 4 heterocycles. The van der Waals surface area contributed by atoms with E-state index in [0.717, 1.165) is 33.6 Å². The topological polar surface area (TPSA) is 93.0 Å². The van der Waals surface area contributed by atoms with Gasteiger partial charge in [0.25, 0.3) is 0 Å². The standard InChI is InChI=1S/C21H18ClN7O/c1-30-15-4-2-3-13(9-15)19-14(10-16(22)17-6-8-28-29(17)19)5-7-23-20-18-21(25-11-24-18)27-12-26-20/h2-4,6,8-12H,5,7H2,1H3,(H2,23,24,25,26,27). The summed E-state index contributed by atoms with van der Waals surface area (Å²) < 4.78 is 7.29. The highest BCUT2D eigenvalue weighted by molar-refractivity contribution is 6.34. The molecule has 0 saturated heterocycles. The normalized spacial score (nSPS) is 11.3. The molecule has 8 nitrogen and oxygen atoms in total. The fraction of sp³-hybridized carbons (Fsp3) is 0.143. The van der Waals surface area contributed by atoms with Gasteiger partial charge in [0.05, 0.1) is 35.9 Å². The van der Waals surface area contributed by atoms with Crippen molar-refractivity contribution < 1.29 is 4.74 Å². The number of methoxy groups -OCH3 is 1. The zero-order valence-electron chi connectivity index (χ0n) is 16.1. The van der Waals surface area contributed by atoms with Gasteiger partial charge in [-0.15, -0.1) is 0 Å². The predicted molar refractivity (Wildman–Crippen MR) is 116 cm³/mol. The number of aromatic amines is 1. The third-order valence-corrected chi connectivity index (χ3v) is 5.26. The van der Waals surface area contributed by atoms with Crippen molar-refractivity contribution in [3.63, 3.8) is 0 Å². The second-order valence-corrected chi connectivity index (χ2v) is 7.13. The molecule has 0 aliphatic heterocycles. The quantitative estimate of drug-likeness (QED) is 0.432. The van der Waals surface area contributed by atoms with Crippen molar-refractivity contribution in [2.24, 2.45) is 0 Å². The Morgan fingerprint density at radius 3 is 3.00 bits per heavy atom. The van der Waals surface area contributed by atoms with Crippen LogP contribution in [0.15, 0.2) is 55.2 Å². The number of anilines is 1. The fourth-order valence-corrected chi connectivity index (χ4v) is 3.85. The minimum atomic E-state index is 0.630. The monoisotopic (exact) mass is 419 g/mol. The van der Waals surface area contributed by atoms with E-state index in [1.807, 2.05) is 40.9 Å². The van der Waals surface area contributed by atoms with Gasteiger partial charge in [0.1, 0.15) is 17.6 Å². The number of hydrogen-bond acceptors (Lipinski definition) is 6. The van der Waals surface area contributed by atoms with Crippen molar-refractivity contribution in [2.75, 3.05) is 19.0 Å². The predicted octanol–water partition coefficient (Wildman–Crippen LogP) is 3.98. The number of pyridine rings is 1. The van der Waals surface area contributed by atoms with Gasteiger partial charge in [0.15, 0.2) is 11.5 Å². The maximum Gasteiger partial charge on any atom is 0.182 e. The van der Waals surface area contributed by atoms with Gasteiger partial charge in [0.2, 0.25) is 0 Å². The van der Waals surface area contributed by atoms with Gasteiger partial charge < -0.3 is 15.0 Å². The molecule has 0 radical (unpaired) electrons. The van der Waals surface area contributed by atoms with E-state index in [9.17, 15) is 0 Å². The van der Waals surface area contributed by atoms with Crippen LogP contribution in [-0.2, 0) is 6.42 Å². The number of nitrogens with zero attached hydrogens (tertiary/aromatic N) is 5. The first-order chi connectivity index (χ1) is 14.7. The number of hydrogen-bond donors (Lipinski definition) is 2. The van der Waals surface area contributed by atoms with Gasteiger partial charge in [0, 0.05) is 12.1 Å². The Morgan fingerprint density at radius 1 is 1.17 bits per heavy atom. The summed E-state index contributed by atoms with van der Waals surface area (Å²) in [4.78, 5) is 15.7. The Balaban J connectivity index is 1.51. The molecular formula is C21H18ClN7O. The van der Waals surface area contributed by atoms with E-state index in [2.05, 4.69) is 30.4 Å². The minimum absolute atomic E-state index is 0.630. The van der Waals surface area contributed by atoms with Crippen molar-refractivity contribution in [2.45, 2.75) is 6.42 Å². The largest absolute Gasteiger partial charge is 0.497 e. The molecule has 1 aromatic carbocycles. The molecule has 0 amide bonds. The summed E-state index contributed by atoms with van der Waals surface area (Å²) in [6.07, 6.45) is 5.57. The molecule has 4 aromatic heterocycles. The van der Waals surface area contributed by atoms with Crippen LogP contribution in [0.1, 0.15) is 5.56 Å². The maximum absolute atomic E-state index is 6.54. The summed E-state index contributed by atoms with van der Waals surface area (Å²) in [5.74, 6) is 1.50. The summed E-state index contributed by atoms with van der Waals surface area (Å²) in [6, 6.07) is 11.8. The highest BCUT2D eigenvalue weighted by Crippen LogP contribution is 2.32. The van der Waals surface area contributed by atoms with Crippen molar-refractivity contribution in [1.29, 1.82) is 0 Å². The molecule has 150 valence electrons. The number of H-pyrrole nitrogens is 1. The van der Waals surface area contributed by atoms with Crippen LogP contribution in [0.4, 0.5) is 5.82 Å². The molecule has 30 heavy (non-hydrogen) atoms. The van der Waals surface area contributed by atoms with Crippen molar-refractivity contribution in [1.82, 2.24) is 29.5 Å². The smallest absolute Gasteiger partial charge is 0.182 e. The van der Waals surface area contributed by atoms with Crippen molar-refractivity contribution >= 4 is 34.1 Å². The summed E-state index contributed by atoms with van der Waals surface area (Å²) in [6.45, 7) is 0.644. The molecule has 5 rings (SSSR count). The highest BCUT2D eigenvalue weighted by atomic mass is 35.5. The Kier molecular flexibility index (Phi) is 4.68. The highest BCUT2D eigenvalue weighted by Gasteiger charge is 2.15. The molecule has 5 aromatic rings. The van der Waals surface area contributed by atoms with E-state index < -0.39 is 0 Å². The number of aromatic nitrogens is 6. The number of nitrogens with one attached hydrogen (secondary N) is 2. The Morgan fingerprint density at radius 2 is 2.10 bits per heavy atom. The van der Waals surface area contributed by atoms with Crippen LogP contribution < -0.4 is 10.1 Å². The molecule has 0 aliphatic rings. The zero-order valence-corrected chi connectivity index (χ0v) is 16.9. The second-order valence-electron chi connectivity index (χ2n) is 6.73. The maximum atomic E-state index is 6.54. The zero-order chi connectivity index (χ0) is 20.5. The van der Waals surface area contributed by atoms with E-state index in [1.54, 1.807) is 19.6 Å². The first-order valence-corrected chi connectivity index (χ1v) is 9.80. The van der Waals surface area contributed by atoms with Crippen LogP contribution in [0.3, 0.4) is 0 Å². The summed E-state index contributed by atoms with van der Waals surface area (Å²) in [5.41, 5.74) is 5.33. The SMILES string of the molecule is COc1cccc(-c2c(CCNc3ncnc4nc[nH]c34)cc(Cl)c3ccnn23)c1. The first-order valence-electron chi connectivity index (χ1n) is 9.42. The van der Waals surface area contributed by atoms with Crippen LogP contribution in [-0.4, -0.2) is 43.2 Å². The first kappa shape index (κ1) is 18.4. The van der Waals surface area contributed by atoms with Crippen LogP contribution in [0.2, 0.25) is 5.02 Å². The molecule has 0 atom stereocenters. The molecule has 0 bridgehead atoms. The van der Waals surface area contributed by atoms with Gasteiger partial charge in [-0.3, -0.25) is 0 Å². The van der Waals surface area contributed by atoms with E-state index >= 15 is 0 Å². The molecule has 9 heteroatoms. The van der Waals surface area contributed by atoms with Gasteiger partial charge in [-0.25, -0.2) is 19.5 Å². The Labute approximate surface area is 176 Å². The van der Waals surface area contributed by atoms with Crippen LogP contribution in [0.25, 0.3) is 27.9 Å². The Hall–Kier alpha value is -3.65. The third kappa shape index (κ3) is 3.21. The summed E-state index contributed by atoms with van der Waals surface area (Å²) >= 11 is 6.54. The van der Waals surface area contributed by atoms with E-state index in [0.29, 0.717) is 29.5 Å². The van der Waals surface area contributed by atoms with Gasteiger partial charge in [-0.05, 0) is 36.2 Å². The molecular weight excluding hydrogens is 402 g/mol. The number of ether oxygens (including phenoxy) is 1. The Bertz CT molecular complexity index is 1340. The number of fused-ring (bicyclic) bond motifs is 2. The van der Waals surface area contributed by atoms with Crippen LogP contribution in [0.5, 0.6) is 5.75 Å². The summed E-state index contributed by atoms with van der Waals surface area (Å²) in [7, 11) is 1.66. The lowest BCUT2D eigenvalue weighted by Crippen LogP contribution is -2.10. The molecule has 0 unspecified atom stereocenters. The van der Waals surface area contributed by atoms with Crippen molar-refractivity contribution in [3.8, 4) is 17.0 Å². The van der Waals surface area contributed by atoms with E-state index in [4.69, 9.17) is 16.3 Å². The van der Waals surface area contributed by atoms with Crippen LogP contribution >= 0.6 is 11.6 Å². The average Bonchev–Trinajstić information content (AvgIpc) is 3.44. The fourth-order valence-electron chi connectivity index (χ4n) is 3.58. The summed E-state index contributed by atoms with van der Waals surface area (Å²) in [5, 5.41) is 8.53. The van der Waals surface area contributed by atoms with Crippen LogP contribution in [0, 0.1) is 0 Å². The molecule has 2 N–H and O–H groups in total. The van der Waals surface area contributed by atoms with E-state index in [1.165, 1.54) is 6.33 Å². The number of benzene rings is 1. The molecule has 0 aliphatic carbocycles.